The van der Waals surface area contributed by atoms with E-state index >= 15 is 0 Å². The van der Waals surface area contributed by atoms with Crippen LogP contribution < -0.4 is 5.43 Å². The summed E-state index contributed by atoms with van der Waals surface area (Å²) in [6.07, 6.45) is 11.1. The standard InChI is InChI=1S/C15H28N2O/c1-3-5-6-8-15(18)17-16-14-11-9-13(7-4-2)10-12-14/h13H,3-12H2,1-2H3,(H,17,18). The van der Waals surface area contributed by atoms with Crippen molar-refractivity contribution in [3.05, 3.63) is 0 Å². The Bertz CT molecular complexity index is 264. The van der Waals surface area contributed by atoms with Crippen molar-refractivity contribution in [3.63, 3.8) is 0 Å². The molecule has 0 unspecified atom stereocenters. The lowest BCUT2D eigenvalue weighted by atomic mass is 9.85. The topological polar surface area (TPSA) is 41.5 Å². The lowest BCUT2D eigenvalue weighted by molar-refractivity contribution is -0.121. The van der Waals surface area contributed by atoms with Crippen LogP contribution in [0.15, 0.2) is 5.10 Å². The van der Waals surface area contributed by atoms with Gasteiger partial charge in [0.25, 0.3) is 0 Å². The molecular weight excluding hydrogens is 224 g/mol. The molecule has 0 saturated heterocycles. The highest BCUT2D eigenvalue weighted by atomic mass is 16.2. The van der Waals surface area contributed by atoms with Crippen molar-refractivity contribution < 1.29 is 4.79 Å². The van der Waals surface area contributed by atoms with Crippen LogP contribution in [-0.2, 0) is 4.79 Å². The molecule has 0 aromatic carbocycles. The molecule has 1 fully saturated rings. The van der Waals surface area contributed by atoms with Crippen LogP contribution in [0.1, 0.15) is 78.1 Å². The van der Waals surface area contributed by atoms with Crippen LogP contribution in [0.3, 0.4) is 0 Å². The Morgan fingerprint density at radius 1 is 1.22 bits per heavy atom. The van der Waals surface area contributed by atoms with Gasteiger partial charge < -0.3 is 0 Å². The minimum Gasteiger partial charge on any atom is -0.273 e. The normalized spacial score (nSPS) is 19.7. The van der Waals surface area contributed by atoms with Crippen molar-refractivity contribution in [2.75, 3.05) is 0 Å². The molecule has 0 bridgehead atoms. The summed E-state index contributed by atoms with van der Waals surface area (Å²) in [7, 11) is 0. The summed E-state index contributed by atoms with van der Waals surface area (Å²) in [5.74, 6) is 0.959. The highest BCUT2D eigenvalue weighted by Gasteiger charge is 2.16. The van der Waals surface area contributed by atoms with Crippen molar-refractivity contribution >= 4 is 11.6 Å². The van der Waals surface area contributed by atoms with Crippen LogP contribution in [0.2, 0.25) is 0 Å². The fourth-order valence-electron chi connectivity index (χ4n) is 2.55. The average molecular weight is 252 g/mol. The maximum atomic E-state index is 11.5. The van der Waals surface area contributed by atoms with Crippen LogP contribution in [0.25, 0.3) is 0 Å². The zero-order valence-corrected chi connectivity index (χ0v) is 12.0. The van der Waals surface area contributed by atoms with E-state index in [-0.39, 0.29) is 5.91 Å². The molecule has 0 aromatic heterocycles. The highest BCUT2D eigenvalue weighted by molar-refractivity contribution is 5.86. The van der Waals surface area contributed by atoms with Crippen molar-refractivity contribution in [3.8, 4) is 0 Å². The molecule has 0 atom stereocenters. The molecule has 1 aliphatic carbocycles. The SMILES string of the molecule is CCCCCC(=O)NN=C1CCC(CCC)CC1. The molecule has 104 valence electrons. The summed E-state index contributed by atoms with van der Waals surface area (Å²) in [6.45, 7) is 4.40. The number of carbonyl (C=O) groups is 1. The summed E-state index contributed by atoms with van der Waals surface area (Å²) >= 11 is 0. The van der Waals surface area contributed by atoms with Gasteiger partial charge in [-0.1, -0.05) is 39.5 Å². The zero-order chi connectivity index (χ0) is 13.2. The number of nitrogens with zero attached hydrogens (tertiary/aromatic N) is 1. The number of amides is 1. The lowest BCUT2D eigenvalue weighted by Crippen LogP contribution is -2.22. The van der Waals surface area contributed by atoms with Crippen molar-refractivity contribution in [1.29, 1.82) is 0 Å². The molecule has 1 rings (SSSR count). The first-order valence-corrected chi connectivity index (χ1v) is 7.60. The molecule has 3 nitrogen and oxygen atoms in total. The van der Waals surface area contributed by atoms with Gasteiger partial charge >= 0.3 is 0 Å². The summed E-state index contributed by atoms with van der Waals surface area (Å²) in [6, 6.07) is 0. The zero-order valence-electron chi connectivity index (χ0n) is 12.0. The molecule has 0 spiro atoms. The second-order valence-electron chi connectivity index (χ2n) is 5.40. The molecule has 0 radical (unpaired) electrons. The van der Waals surface area contributed by atoms with Crippen LogP contribution in [0.5, 0.6) is 0 Å². The molecule has 1 saturated carbocycles. The number of carbonyl (C=O) groups excluding carboxylic acids is 1. The van der Waals surface area contributed by atoms with E-state index in [0.717, 1.165) is 38.0 Å². The van der Waals surface area contributed by atoms with Crippen LogP contribution >= 0.6 is 0 Å². The maximum Gasteiger partial charge on any atom is 0.240 e. The summed E-state index contributed by atoms with van der Waals surface area (Å²) in [5, 5.41) is 4.27. The average Bonchev–Trinajstić information content (AvgIpc) is 2.39. The highest BCUT2D eigenvalue weighted by Crippen LogP contribution is 2.25. The van der Waals surface area contributed by atoms with Gasteiger partial charge in [0.1, 0.15) is 0 Å². The minimum atomic E-state index is 0.0756. The van der Waals surface area contributed by atoms with Gasteiger partial charge in [-0.25, -0.2) is 5.43 Å². The Balaban J connectivity index is 2.17. The molecule has 0 aromatic rings. The maximum absolute atomic E-state index is 11.5. The second kappa shape index (κ2) is 9.12. The quantitative estimate of drug-likeness (QED) is 0.539. The van der Waals surface area contributed by atoms with Gasteiger partial charge in [-0.05, 0) is 38.0 Å². The number of hydrogen-bond acceptors (Lipinski definition) is 2. The van der Waals surface area contributed by atoms with Crippen LogP contribution in [-0.4, -0.2) is 11.6 Å². The molecular formula is C15H28N2O. The van der Waals surface area contributed by atoms with Crippen LogP contribution in [0, 0.1) is 5.92 Å². The second-order valence-corrected chi connectivity index (χ2v) is 5.40. The number of rotatable bonds is 7. The van der Waals surface area contributed by atoms with E-state index in [4.69, 9.17) is 0 Å². The Morgan fingerprint density at radius 2 is 1.94 bits per heavy atom. The number of unbranched alkanes of at least 4 members (excludes halogenated alkanes) is 2. The van der Waals surface area contributed by atoms with E-state index in [1.54, 1.807) is 0 Å². The van der Waals surface area contributed by atoms with Gasteiger partial charge in [0.15, 0.2) is 0 Å². The Hall–Kier alpha value is -0.860. The molecule has 1 N–H and O–H groups in total. The van der Waals surface area contributed by atoms with Gasteiger partial charge in [0.2, 0.25) is 5.91 Å². The fourth-order valence-corrected chi connectivity index (χ4v) is 2.55. The Labute approximate surface area is 111 Å². The smallest absolute Gasteiger partial charge is 0.240 e. The van der Waals surface area contributed by atoms with Gasteiger partial charge in [0, 0.05) is 12.1 Å². The number of hydrazone groups is 1. The van der Waals surface area contributed by atoms with E-state index in [0.29, 0.717) is 6.42 Å². The molecule has 18 heavy (non-hydrogen) atoms. The van der Waals surface area contributed by atoms with E-state index in [9.17, 15) is 4.79 Å². The van der Waals surface area contributed by atoms with E-state index in [1.807, 2.05) is 0 Å². The summed E-state index contributed by atoms with van der Waals surface area (Å²) in [4.78, 5) is 11.5. The lowest BCUT2D eigenvalue weighted by Gasteiger charge is -2.22. The summed E-state index contributed by atoms with van der Waals surface area (Å²) < 4.78 is 0. The first kappa shape index (κ1) is 15.2. The molecule has 1 amide bonds. The third-order valence-electron chi connectivity index (χ3n) is 3.73. The van der Waals surface area contributed by atoms with E-state index in [2.05, 4.69) is 24.4 Å². The third-order valence-corrected chi connectivity index (χ3v) is 3.73. The minimum absolute atomic E-state index is 0.0756. The van der Waals surface area contributed by atoms with Gasteiger partial charge in [-0.3, -0.25) is 4.79 Å². The largest absolute Gasteiger partial charge is 0.273 e. The molecule has 0 heterocycles. The van der Waals surface area contributed by atoms with E-state index < -0.39 is 0 Å². The Kier molecular flexibility index (Phi) is 7.70. The predicted molar refractivity (Wildman–Crippen MR) is 76.6 cm³/mol. The van der Waals surface area contributed by atoms with Gasteiger partial charge in [-0.2, -0.15) is 5.10 Å². The van der Waals surface area contributed by atoms with Gasteiger partial charge in [0.05, 0.1) is 0 Å². The number of hydrogen-bond donors (Lipinski definition) is 1. The fraction of sp³-hybridized carbons (Fsp3) is 0.867. The van der Waals surface area contributed by atoms with Crippen molar-refractivity contribution in [2.45, 2.75) is 78.1 Å². The third kappa shape index (κ3) is 6.18. The molecule has 3 heteroatoms. The number of nitrogens with one attached hydrogen (secondary N) is 1. The van der Waals surface area contributed by atoms with E-state index in [1.165, 1.54) is 31.4 Å². The first-order valence-electron chi connectivity index (χ1n) is 7.60. The van der Waals surface area contributed by atoms with Crippen molar-refractivity contribution in [1.82, 2.24) is 5.43 Å². The van der Waals surface area contributed by atoms with Crippen molar-refractivity contribution in [2.24, 2.45) is 11.0 Å². The summed E-state index contributed by atoms with van der Waals surface area (Å²) in [5.41, 5.74) is 3.89. The Morgan fingerprint density at radius 3 is 2.56 bits per heavy atom. The molecule has 1 aliphatic rings. The first-order chi connectivity index (χ1) is 8.76. The van der Waals surface area contributed by atoms with Crippen LogP contribution in [0.4, 0.5) is 0 Å². The monoisotopic (exact) mass is 252 g/mol. The predicted octanol–water partition coefficient (Wildman–Crippen LogP) is 4.03. The van der Waals surface area contributed by atoms with Gasteiger partial charge in [-0.15, -0.1) is 0 Å². The molecule has 0 aliphatic heterocycles.